The van der Waals surface area contributed by atoms with Crippen LogP contribution in [0, 0.1) is 0 Å². The highest BCUT2D eigenvalue weighted by atomic mass is 16.4. The number of unbranched alkanes of at least 4 members (excludes halogenated alkanes) is 15. The van der Waals surface area contributed by atoms with Crippen molar-refractivity contribution in [2.75, 3.05) is 0 Å². The fraction of sp³-hybridized carbons (Fsp3) is 0.864. The first kappa shape index (κ1) is 23.2. The van der Waals surface area contributed by atoms with Gasteiger partial charge in [0.05, 0.1) is 0 Å². The summed E-state index contributed by atoms with van der Waals surface area (Å²) < 4.78 is 0. The van der Waals surface area contributed by atoms with Crippen molar-refractivity contribution in [2.45, 2.75) is 122 Å². The number of carboxylic acid groups (broad SMARTS) is 1. The Balaban J connectivity index is 3.02. The summed E-state index contributed by atoms with van der Waals surface area (Å²) >= 11 is 0. The van der Waals surface area contributed by atoms with Crippen LogP contribution in [0.3, 0.4) is 0 Å². The summed E-state index contributed by atoms with van der Waals surface area (Å²) in [5.74, 6) is -0.654. The molecular weight excluding hydrogens is 296 g/mol. The quantitative estimate of drug-likeness (QED) is 0.194. The van der Waals surface area contributed by atoms with Crippen molar-refractivity contribution in [1.82, 2.24) is 0 Å². The Morgan fingerprint density at radius 2 is 1.00 bits per heavy atom. The van der Waals surface area contributed by atoms with Gasteiger partial charge < -0.3 is 5.11 Å². The molecule has 0 aromatic carbocycles. The van der Waals surface area contributed by atoms with E-state index in [1.807, 2.05) is 0 Å². The number of carbonyl (C=O) groups is 1. The lowest BCUT2D eigenvalue weighted by Crippen LogP contribution is -1.93. The molecule has 0 amide bonds. The molecular formula is C22H42O2. The van der Waals surface area contributed by atoms with Crippen molar-refractivity contribution >= 4 is 5.97 Å². The van der Waals surface area contributed by atoms with Crippen LogP contribution in [0.4, 0.5) is 0 Å². The van der Waals surface area contributed by atoms with Gasteiger partial charge in [-0.1, -0.05) is 103 Å². The van der Waals surface area contributed by atoms with Crippen molar-refractivity contribution in [3.8, 4) is 0 Å². The summed E-state index contributed by atoms with van der Waals surface area (Å²) in [6.45, 7) is 2.25. The van der Waals surface area contributed by atoms with Gasteiger partial charge in [-0.3, -0.25) is 4.79 Å². The maximum Gasteiger partial charge on any atom is 0.303 e. The van der Waals surface area contributed by atoms with Crippen molar-refractivity contribution in [1.29, 1.82) is 0 Å². The number of hydrogen-bond acceptors (Lipinski definition) is 1. The highest BCUT2D eigenvalue weighted by molar-refractivity contribution is 5.66. The Kier molecular flexibility index (Phi) is 19.6. The molecule has 142 valence electrons. The minimum absolute atomic E-state index is 0.342. The van der Waals surface area contributed by atoms with Gasteiger partial charge in [-0.15, -0.1) is 0 Å². The SMILES string of the molecule is CCCC/C=C\CCCCCCCCCCCCCCCC(=O)O. The monoisotopic (exact) mass is 338 g/mol. The van der Waals surface area contributed by atoms with E-state index < -0.39 is 5.97 Å². The molecule has 0 saturated carbocycles. The maximum atomic E-state index is 10.4. The summed E-state index contributed by atoms with van der Waals surface area (Å²) in [5, 5.41) is 8.55. The molecule has 0 atom stereocenters. The third-order valence-electron chi connectivity index (χ3n) is 4.65. The van der Waals surface area contributed by atoms with Crippen LogP contribution in [-0.4, -0.2) is 11.1 Å². The summed E-state index contributed by atoms with van der Waals surface area (Å²) in [7, 11) is 0. The highest BCUT2D eigenvalue weighted by Crippen LogP contribution is 2.13. The zero-order chi connectivity index (χ0) is 17.7. The molecule has 0 aromatic heterocycles. The largest absolute Gasteiger partial charge is 0.481 e. The minimum atomic E-state index is -0.654. The van der Waals surface area contributed by atoms with E-state index >= 15 is 0 Å². The van der Waals surface area contributed by atoms with Crippen LogP contribution < -0.4 is 0 Å². The first-order chi connectivity index (χ1) is 11.8. The van der Waals surface area contributed by atoms with Crippen LogP contribution in [0.5, 0.6) is 0 Å². The predicted molar refractivity (Wildman–Crippen MR) is 106 cm³/mol. The molecule has 0 rings (SSSR count). The van der Waals surface area contributed by atoms with Gasteiger partial charge in [0.1, 0.15) is 0 Å². The topological polar surface area (TPSA) is 37.3 Å². The zero-order valence-corrected chi connectivity index (χ0v) is 16.2. The molecule has 0 unspecified atom stereocenters. The summed E-state index contributed by atoms with van der Waals surface area (Å²) in [6, 6.07) is 0. The average Bonchev–Trinajstić information content (AvgIpc) is 2.56. The molecule has 0 bridgehead atoms. The molecule has 0 aliphatic carbocycles. The Labute approximate surface area is 151 Å². The van der Waals surface area contributed by atoms with Gasteiger partial charge in [0.25, 0.3) is 0 Å². The lowest BCUT2D eigenvalue weighted by molar-refractivity contribution is -0.137. The minimum Gasteiger partial charge on any atom is -0.481 e. The molecule has 0 fully saturated rings. The van der Waals surface area contributed by atoms with E-state index in [1.165, 1.54) is 96.3 Å². The zero-order valence-electron chi connectivity index (χ0n) is 16.2. The third kappa shape index (κ3) is 21.2. The Hall–Kier alpha value is -0.790. The first-order valence-electron chi connectivity index (χ1n) is 10.6. The first-order valence-corrected chi connectivity index (χ1v) is 10.6. The lowest BCUT2D eigenvalue weighted by atomic mass is 10.0. The maximum absolute atomic E-state index is 10.4. The second-order valence-corrected chi connectivity index (χ2v) is 7.14. The summed E-state index contributed by atoms with van der Waals surface area (Å²) in [5.41, 5.74) is 0. The van der Waals surface area contributed by atoms with E-state index in [4.69, 9.17) is 5.11 Å². The molecule has 1 N–H and O–H groups in total. The predicted octanol–water partition coefficient (Wildman–Crippen LogP) is 7.67. The van der Waals surface area contributed by atoms with Crippen molar-refractivity contribution in [3.63, 3.8) is 0 Å². The van der Waals surface area contributed by atoms with E-state index in [0.717, 1.165) is 12.8 Å². The smallest absolute Gasteiger partial charge is 0.303 e. The number of aliphatic carboxylic acids is 1. The van der Waals surface area contributed by atoms with Gasteiger partial charge in [-0.2, -0.15) is 0 Å². The molecule has 0 aliphatic rings. The van der Waals surface area contributed by atoms with Crippen LogP contribution >= 0.6 is 0 Å². The van der Waals surface area contributed by atoms with E-state index in [9.17, 15) is 4.79 Å². The molecule has 2 nitrogen and oxygen atoms in total. The molecule has 0 heterocycles. The van der Waals surface area contributed by atoms with Crippen LogP contribution in [-0.2, 0) is 4.79 Å². The van der Waals surface area contributed by atoms with Gasteiger partial charge in [0.15, 0.2) is 0 Å². The summed E-state index contributed by atoms with van der Waals surface area (Å²) in [4.78, 5) is 10.4. The van der Waals surface area contributed by atoms with E-state index in [-0.39, 0.29) is 0 Å². The van der Waals surface area contributed by atoms with E-state index in [0.29, 0.717) is 6.42 Å². The second-order valence-electron chi connectivity index (χ2n) is 7.14. The number of hydrogen-bond donors (Lipinski definition) is 1. The molecule has 0 spiro atoms. The third-order valence-corrected chi connectivity index (χ3v) is 4.65. The number of rotatable bonds is 19. The van der Waals surface area contributed by atoms with Crippen molar-refractivity contribution < 1.29 is 9.90 Å². The van der Waals surface area contributed by atoms with E-state index in [2.05, 4.69) is 19.1 Å². The summed E-state index contributed by atoms with van der Waals surface area (Å²) in [6.07, 6.45) is 27.1. The fourth-order valence-electron chi connectivity index (χ4n) is 3.04. The van der Waals surface area contributed by atoms with Gasteiger partial charge in [-0.05, 0) is 25.7 Å². The Morgan fingerprint density at radius 1 is 0.625 bits per heavy atom. The van der Waals surface area contributed by atoms with Crippen molar-refractivity contribution in [2.24, 2.45) is 0 Å². The molecule has 0 aliphatic heterocycles. The van der Waals surface area contributed by atoms with Crippen LogP contribution in [0.2, 0.25) is 0 Å². The molecule has 24 heavy (non-hydrogen) atoms. The average molecular weight is 339 g/mol. The number of carboxylic acids is 1. The molecule has 0 aromatic rings. The fourth-order valence-corrected chi connectivity index (χ4v) is 3.04. The molecule has 0 radical (unpaired) electrons. The van der Waals surface area contributed by atoms with Crippen LogP contribution in [0.1, 0.15) is 122 Å². The van der Waals surface area contributed by atoms with E-state index in [1.54, 1.807) is 0 Å². The molecule has 2 heteroatoms. The van der Waals surface area contributed by atoms with Crippen molar-refractivity contribution in [3.05, 3.63) is 12.2 Å². The van der Waals surface area contributed by atoms with Crippen LogP contribution in [0.15, 0.2) is 12.2 Å². The lowest BCUT2D eigenvalue weighted by Gasteiger charge is -2.03. The normalized spacial score (nSPS) is 11.4. The van der Waals surface area contributed by atoms with Gasteiger partial charge >= 0.3 is 5.97 Å². The highest BCUT2D eigenvalue weighted by Gasteiger charge is 1.97. The van der Waals surface area contributed by atoms with Gasteiger partial charge in [0, 0.05) is 6.42 Å². The van der Waals surface area contributed by atoms with Gasteiger partial charge in [0.2, 0.25) is 0 Å². The van der Waals surface area contributed by atoms with Gasteiger partial charge in [-0.25, -0.2) is 0 Å². The molecule has 0 saturated heterocycles. The Bertz CT molecular complexity index is 284. The standard InChI is InChI=1S/C22H42O2/c1-2-3-4-5-6-7-8-9-10-11-12-13-14-15-16-17-18-19-20-21-22(23)24/h5-6H,2-4,7-21H2,1H3,(H,23,24)/b6-5-. The Morgan fingerprint density at radius 3 is 1.42 bits per heavy atom. The second kappa shape index (κ2) is 20.3. The number of allylic oxidation sites excluding steroid dienone is 2. The van der Waals surface area contributed by atoms with Crippen LogP contribution in [0.25, 0.3) is 0 Å².